The molecule has 0 aliphatic carbocycles. The van der Waals surface area contributed by atoms with Gasteiger partial charge in [-0.3, -0.25) is 0 Å². The Labute approximate surface area is 114 Å². The second-order valence-electron chi connectivity index (χ2n) is 3.61. The van der Waals surface area contributed by atoms with Crippen LogP contribution in [0.1, 0.15) is 5.56 Å². The largest absolute Gasteiger partial charge is 0.457 e. The maximum Gasteiger partial charge on any atom is 0.129 e. The molecule has 5 heteroatoms. The molecule has 2 aromatic rings. The van der Waals surface area contributed by atoms with E-state index in [1.165, 1.54) is 0 Å². The number of nitrogens with zero attached hydrogens (tertiary/aromatic N) is 1. The first kappa shape index (κ1) is 12.9. The van der Waals surface area contributed by atoms with Gasteiger partial charge in [0.1, 0.15) is 18.0 Å². The predicted octanol–water partition coefficient (Wildman–Crippen LogP) is 5.05. The molecule has 0 radical (unpaired) electrons. The van der Waals surface area contributed by atoms with Crippen LogP contribution in [0.25, 0.3) is 0 Å². The molecule has 2 aromatic carbocycles. The van der Waals surface area contributed by atoms with Crippen molar-refractivity contribution < 1.29 is 4.74 Å². The predicted molar refractivity (Wildman–Crippen MR) is 72.5 cm³/mol. The number of ether oxygens (including phenoxy) is 1. The lowest BCUT2D eigenvalue weighted by Crippen LogP contribution is -1.86. The Morgan fingerprint density at radius 2 is 1.78 bits per heavy atom. The van der Waals surface area contributed by atoms with Crippen LogP contribution in [0.4, 0.5) is 0 Å². The molecule has 0 saturated carbocycles. The molecule has 0 unspecified atom stereocenters. The van der Waals surface area contributed by atoms with Crippen LogP contribution in [0, 0.1) is 4.91 Å². The summed E-state index contributed by atoms with van der Waals surface area (Å²) in [5.41, 5.74) is 0.794. The van der Waals surface area contributed by atoms with Gasteiger partial charge in [0.15, 0.2) is 0 Å². The topological polar surface area (TPSA) is 38.7 Å². The first-order valence-electron chi connectivity index (χ1n) is 5.20. The number of halogens is 2. The summed E-state index contributed by atoms with van der Waals surface area (Å²) in [6.07, 6.45) is 0. The Kier molecular flexibility index (Phi) is 4.18. The van der Waals surface area contributed by atoms with E-state index >= 15 is 0 Å². The third-order valence-corrected chi connectivity index (χ3v) is 3.01. The fraction of sp³-hybridized carbons (Fsp3) is 0.0769. The number of benzene rings is 2. The van der Waals surface area contributed by atoms with E-state index in [0.29, 0.717) is 21.5 Å². The Hall–Kier alpha value is -1.58. The van der Waals surface area contributed by atoms with Crippen molar-refractivity contribution in [2.24, 2.45) is 5.18 Å². The first-order chi connectivity index (χ1) is 8.69. The van der Waals surface area contributed by atoms with E-state index in [1.807, 2.05) is 6.07 Å². The van der Waals surface area contributed by atoms with Gasteiger partial charge in [0.25, 0.3) is 0 Å². The number of rotatable bonds is 4. The van der Waals surface area contributed by atoms with Crippen molar-refractivity contribution in [2.45, 2.75) is 6.54 Å². The van der Waals surface area contributed by atoms with Gasteiger partial charge in [-0.25, -0.2) is 0 Å². The molecule has 18 heavy (non-hydrogen) atoms. The van der Waals surface area contributed by atoms with Crippen LogP contribution in [-0.2, 0) is 6.54 Å². The molecule has 92 valence electrons. The summed E-state index contributed by atoms with van der Waals surface area (Å²) in [5, 5.41) is 3.74. The second-order valence-corrected chi connectivity index (χ2v) is 4.43. The Balaban J connectivity index is 2.19. The first-order valence-corrected chi connectivity index (χ1v) is 5.95. The highest BCUT2D eigenvalue weighted by Crippen LogP contribution is 2.29. The van der Waals surface area contributed by atoms with Crippen molar-refractivity contribution in [1.82, 2.24) is 0 Å². The van der Waals surface area contributed by atoms with Gasteiger partial charge in [-0.15, -0.1) is 0 Å². The molecule has 0 aliphatic rings. The van der Waals surface area contributed by atoms with Crippen LogP contribution in [0.2, 0.25) is 10.0 Å². The van der Waals surface area contributed by atoms with Gasteiger partial charge >= 0.3 is 0 Å². The zero-order valence-electron chi connectivity index (χ0n) is 9.27. The van der Waals surface area contributed by atoms with E-state index in [2.05, 4.69) is 5.18 Å². The Bertz CT molecular complexity index is 573. The van der Waals surface area contributed by atoms with E-state index in [1.54, 1.807) is 36.4 Å². The summed E-state index contributed by atoms with van der Waals surface area (Å²) in [5.74, 6) is 1.20. The van der Waals surface area contributed by atoms with E-state index in [9.17, 15) is 4.91 Å². The van der Waals surface area contributed by atoms with Crippen molar-refractivity contribution in [3.8, 4) is 11.5 Å². The molecule has 0 aliphatic heterocycles. The molecule has 0 bridgehead atoms. The summed E-state index contributed by atoms with van der Waals surface area (Å²) in [6.45, 7) is 0.124. The highest BCUT2D eigenvalue weighted by Gasteiger charge is 2.02. The van der Waals surface area contributed by atoms with Crippen molar-refractivity contribution in [2.75, 3.05) is 0 Å². The smallest absolute Gasteiger partial charge is 0.129 e. The highest BCUT2D eigenvalue weighted by molar-refractivity contribution is 6.42. The fourth-order valence-electron chi connectivity index (χ4n) is 1.46. The minimum absolute atomic E-state index is 0.124. The SMILES string of the molecule is O=NCc1cccc(Oc2ccc(Cl)c(Cl)c2)c1. The van der Waals surface area contributed by atoms with Gasteiger partial charge in [0.05, 0.1) is 10.0 Å². The molecular weight excluding hydrogens is 273 g/mol. The quantitative estimate of drug-likeness (QED) is 0.736. The van der Waals surface area contributed by atoms with E-state index in [-0.39, 0.29) is 6.54 Å². The lowest BCUT2D eigenvalue weighted by atomic mass is 10.2. The average molecular weight is 282 g/mol. The maximum atomic E-state index is 10.2. The van der Waals surface area contributed by atoms with Crippen LogP contribution in [0.3, 0.4) is 0 Å². The molecule has 0 amide bonds. The molecule has 3 nitrogen and oxygen atoms in total. The molecule has 2 rings (SSSR count). The molecule has 0 aromatic heterocycles. The lowest BCUT2D eigenvalue weighted by Gasteiger charge is -2.07. The zero-order chi connectivity index (χ0) is 13.0. The van der Waals surface area contributed by atoms with Gasteiger partial charge in [-0.05, 0) is 29.8 Å². The van der Waals surface area contributed by atoms with Crippen molar-refractivity contribution in [3.63, 3.8) is 0 Å². The summed E-state index contributed by atoms with van der Waals surface area (Å²) < 4.78 is 5.61. The molecule has 0 N–H and O–H groups in total. The number of hydrogen-bond donors (Lipinski definition) is 0. The number of nitroso groups, excluding NO2 is 1. The number of hydrogen-bond acceptors (Lipinski definition) is 3. The normalized spacial score (nSPS) is 10.1. The van der Waals surface area contributed by atoms with Crippen molar-refractivity contribution >= 4 is 23.2 Å². The van der Waals surface area contributed by atoms with E-state index in [4.69, 9.17) is 27.9 Å². The monoisotopic (exact) mass is 281 g/mol. The maximum absolute atomic E-state index is 10.2. The van der Waals surface area contributed by atoms with Crippen molar-refractivity contribution in [3.05, 3.63) is 63.0 Å². The van der Waals surface area contributed by atoms with Crippen LogP contribution >= 0.6 is 23.2 Å². The summed E-state index contributed by atoms with van der Waals surface area (Å²) in [6, 6.07) is 12.2. The van der Waals surface area contributed by atoms with Crippen LogP contribution in [0.5, 0.6) is 11.5 Å². The summed E-state index contributed by atoms with van der Waals surface area (Å²) in [7, 11) is 0. The van der Waals surface area contributed by atoms with E-state index < -0.39 is 0 Å². The summed E-state index contributed by atoms with van der Waals surface area (Å²) in [4.78, 5) is 10.2. The standard InChI is InChI=1S/C13H9Cl2NO2/c14-12-5-4-11(7-13(12)15)18-10-3-1-2-9(6-10)8-16-17/h1-7H,8H2. The fourth-order valence-corrected chi connectivity index (χ4v) is 1.75. The van der Waals surface area contributed by atoms with E-state index in [0.717, 1.165) is 5.56 Å². The van der Waals surface area contributed by atoms with Gasteiger partial charge in [-0.1, -0.05) is 40.5 Å². The minimum Gasteiger partial charge on any atom is -0.457 e. The summed E-state index contributed by atoms with van der Waals surface area (Å²) >= 11 is 11.7. The van der Waals surface area contributed by atoms with Gasteiger partial charge in [-0.2, -0.15) is 4.91 Å². The zero-order valence-corrected chi connectivity index (χ0v) is 10.8. The lowest BCUT2D eigenvalue weighted by molar-refractivity contribution is 0.482. The van der Waals surface area contributed by atoms with Crippen molar-refractivity contribution in [1.29, 1.82) is 0 Å². The molecular formula is C13H9Cl2NO2. The van der Waals surface area contributed by atoms with Gasteiger partial charge in [0.2, 0.25) is 0 Å². The van der Waals surface area contributed by atoms with Crippen LogP contribution in [-0.4, -0.2) is 0 Å². The molecule has 0 spiro atoms. The second kappa shape index (κ2) is 5.85. The molecule has 0 fully saturated rings. The third-order valence-electron chi connectivity index (χ3n) is 2.27. The highest BCUT2D eigenvalue weighted by atomic mass is 35.5. The molecule has 0 saturated heterocycles. The average Bonchev–Trinajstić information content (AvgIpc) is 2.35. The third kappa shape index (κ3) is 3.22. The minimum atomic E-state index is 0.124. The van der Waals surface area contributed by atoms with Crippen LogP contribution in [0.15, 0.2) is 47.6 Å². The molecule has 0 heterocycles. The Morgan fingerprint density at radius 3 is 2.50 bits per heavy atom. The van der Waals surface area contributed by atoms with Gasteiger partial charge < -0.3 is 4.74 Å². The van der Waals surface area contributed by atoms with Gasteiger partial charge in [0, 0.05) is 6.07 Å². The van der Waals surface area contributed by atoms with Crippen LogP contribution < -0.4 is 4.74 Å². The Morgan fingerprint density at radius 1 is 1.00 bits per heavy atom. The molecule has 0 atom stereocenters.